The van der Waals surface area contributed by atoms with Crippen LogP contribution in [0.15, 0.2) is 59.8 Å². The van der Waals surface area contributed by atoms with E-state index in [4.69, 9.17) is 9.47 Å². The summed E-state index contributed by atoms with van der Waals surface area (Å²) in [6, 6.07) is 17.7. The predicted octanol–water partition coefficient (Wildman–Crippen LogP) is 5.02. The average Bonchev–Trinajstić information content (AvgIpc) is 3.36. The summed E-state index contributed by atoms with van der Waals surface area (Å²) in [5.74, 6) is 2.69. The second-order valence-corrected chi connectivity index (χ2v) is 9.73. The molecular weight excluding hydrogens is 460 g/mol. The first-order valence-electron chi connectivity index (χ1n) is 11.6. The number of rotatable bonds is 7. The van der Waals surface area contributed by atoms with Crippen LogP contribution in [0.1, 0.15) is 27.3 Å². The highest BCUT2D eigenvalue weighted by Crippen LogP contribution is 2.32. The van der Waals surface area contributed by atoms with Gasteiger partial charge in [0.1, 0.15) is 6.61 Å². The maximum atomic E-state index is 13.2. The largest absolute Gasteiger partial charge is 0.486 e. The van der Waals surface area contributed by atoms with E-state index >= 15 is 0 Å². The number of carbonyl (C=O) groups excluding carboxylic acids is 1. The van der Waals surface area contributed by atoms with E-state index in [1.807, 2.05) is 74.0 Å². The third-order valence-corrected chi connectivity index (χ3v) is 7.40. The summed E-state index contributed by atoms with van der Waals surface area (Å²) < 4.78 is 16.1. The van der Waals surface area contributed by atoms with Gasteiger partial charge in [0.2, 0.25) is 0 Å². The lowest BCUT2D eigenvalue weighted by atomic mass is 10.1. The fraction of sp³-hybridized carbons (Fsp3) is 0.296. The molecule has 1 aliphatic rings. The molecule has 0 saturated heterocycles. The quantitative estimate of drug-likeness (QED) is 0.269. The van der Waals surface area contributed by atoms with Crippen LogP contribution in [0.4, 0.5) is 0 Å². The Bertz CT molecular complexity index is 1390. The minimum Gasteiger partial charge on any atom is -0.486 e. The molecule has 1 unspecified atom stereocenters. The van der Waals surface area contributed by atoms with E-state index in [0.717, 1.165) is 50.6 Å². The maximum Gasteiger partial charge on any atom is 0.191 e. The highest BCUT2D eigenvalue weighted by molar-refractivity contribution is 7.99. The minimum absolute atomic E-state index is 0.0703. The van der Waals surface area contributed by atoms with Crippen molar-refractivity contribution in [2.45, 2.75) is 38.6 Å². The summed E-state index contributed by atoms with van der Waals surface area (Å²) in [6.07, 6.45) is -0.120. The summed E-state index contributed by atoms with van der Waals surface area (Å²) in [6.45, 7) is 7.16. The topological polar surface area (TPSA) is 71.2 Å². The van der Waals surface area contributed by atoms with Gasteiger partial charge in [-0.25, -0.2) is 0 Å². The van der Waals surface area contributed by atoms with Gasteiger partial charge in [-0.2, -0.15) is 0 Å². The van der Waals surface area contributed by atoms with Gasteiger partial charge in [0.25, 0.3) is 0 Å². The number of para-hydroxylation sites is 2. The van der Waals surface area contributed by atoms with Gasteiger partial charge < -0.3 is 18.6 Å². The number of carbonyl (C=O) groups is 1. The van der Waals surface area contributed by atoms with Crippen LogP contribution in [0.3, 0.4) is 0 Å². The molecule has 8 heteroatoms. The Balaban J connectivity index is 1.27. The first kappa shape index (κ1) is 23.2. The van der Waals surface area contributed by atoms with Gasteiger partial charge in [-0.1, -0.05) is 48.2 Å². The molecule has 0 saturated carbocycles. The smallest absolute Gasteiger partial charge is 0.191 e. The van der Waals surface area contributed by atoms with E-state index in [1.54, 1.807) is 0 Å². The average molecular weight is 489 g/mol. The molecule has 3 heterocycles. The predicted molar refractivity (Wildman–Crippen MR) is 136 cm³/mol. The van der Waals surface area contributed by atoms with E-state index in [0.29, 0.717) is 18.9 Å². The molecule has 1 aliphatic heterocycles. The second kappa shape index (κ2) is 9.62. The van der Waals surface area contributed by atoms with Crippen LogP contribution in [0, 0.1) is 20.8 Å². The van der Waals surface area contributed by atoms with Crippen LogP contribution in [-0.4, -0.2) is 43.6 Å². The molecule has 0 aliphatic carbocycles. The Hall–Kier alpha value is -3.52. The van der Waals surface area contributed by atoms with Crippen molar-refractivity contribution in [3.63, 3.8) is 0 Å². The van der Waals surface area contributed by atoms with E-state index in [1.165, 1.54) is 11.8 Å². The van der Waals surface area contributed by atoms with Gasteiger partial charge in [-0.3, -0.25) is 4.79 Å². The molecule has 7 nitrogen and oxygen atoms in total. The van der Waals surface area contributed by atoms with Gasteiger partial charge in [-0.05, 0) is 44.5 Å². The number of fused-ring (bicyclic) bond motifs is 1. The molecule has 5 rings (SSSR count). The number of ether oxygens (including phenoxy) is 2. The van der Waals surface area contributed by atoms with Crippen LogP contribution in [0.25, 0.3) is 11.4 Å². The molecule has 4 aromatic rings. The zero-order valence-electron chi connectivity index (χ0n) is 20.3. The van der Waals surface area contributed by atoms with Crippen molar-refractivity contribution in [3.05, 3.63) is 77.1 Å². The number of Topliss-reactive ketones (excluding diaryl/α,β-unsaturated/α-hetero) is 1. The SMILES string of the molecule is Cc1ccccc1-c1nnc(SCC(=O)c2cc(C)n(CC3COc4ccccc4O3)c2C)n1C. The van der Waals surface area contributed by atoms with Crippen molar-refractivity contribution in [1.29, 1.82) is 0 Å². The van der Waals surface area contributed by atoms with E-state index in [-0.39, 0.29) is 11.9 Å². The van der Waals surface area contributed by atoms with Crippen molar-refractivity contribution in [3.8, 4) is 22.9 Å². The number of nitrogens with zero attached hydrogens (tertiary/aromatic N) is 4. The molecule has 2 aromatic carbocycles. The molecule has 0 N–H and O–H groups in total. The van der Waals surface area contributed by atoms with Crippen molar-refractivity contribution in [2.24, 2.45) is 7.05 Å². The normalized spacial score (nSPS) is 14.8. The molecule has 1 atom stereocenters. The highest BCUT2D eigenvalue weighted by atomic mass is 32.2. The lowest BCUT2D eigenvalue weighted by Crippen LogP contribution is -2.33. The zero-order valence-corrected chi connectivity index (χ0v) is 21.1. The summed E-state index contributed by atoms with van der Waals surface area (Å²) >= 11 is 1.41. The van der Waals surface area contributed by atoms with E-state index < -0.39 is 0 Å². The van der Waals surface area contributed by atoms with Gasteiger partial charge >= 0.3 is 0 Å². The van der Waals surface area contributed by atoms with Gasteiger partial charge in [0, 0.05) is 29.6 Å². The molecule has 0 radical (unpaired) electrons. The third-order valence-electron chi connectivity index (χ3n) is 6.38. The number of ketones is 1. The molecule has 35 heavy (non-hydrogen) atoms. The fourth-order valence-electron chi connectivity index (χ4n) is 4.43. The fourth-order valence-corrected chi connectivity index (χ4v) is 5.22. The summed E-state index contributed by atoms with van der Waals surface area (Å²) in [4.78, 5) is 13.2. The Kier molecular flexibility index (Phi) is 6.38. The number of thioether (sulfide) groups is 1. The molecule has 0 spiro atoms. The number of hydrogen-bond donors (Lipinski definition) is 0. The van der Waals surface area contributed by atoms with Crippen molar-refractivity contribution >= 4 is 17.5 Å². The zero-order chi connectivity index (χ0) is 24.5. The van der Waals surface area contributed by atoms with Crippen molar-refractivity contribution in [2.75, 3.05) is 12.4 Å². The monoisotopic (exact) mass is 488 g/mol. The van der Waals surface area contributed by atoms with Crippen LogP contribution in [0.5, 0.6) is 11.5 Å². The Morgan fingerprint density at radius 3 is 2.60 bits per heavy atom. The van der Waals surface area contributed by atoms with E-state index in [2.05, 4.69) is 27.8 Å². The summed E-state index contributed by atoms with van der Waals surface area (Å²) in [5.41, 5.74) is 4.88. The van der Waals surface area contributed by atoms with Crippen LogP contribution in [0.2, 0.25) is 0 Å². The van der Waals surface area contributed by atoms with Gasteiger partial charge in [-0.15, -0.1) is 10.2 Å². The van der Waals surface area contributed by atoms with Crippen molar-refractivity contribution in [1.82, 2.24) is 19.3 Å². The van der Waals surface area contributed by atoms with E-state index in [9.17, 15) is 4.79 Å². The highest BCUT2D eigenvalue weighted by Gasteiger charge is 2.24. The molecule has 0 fully saturated rings. The Labute approximate surface area is 209 Å². The summed E-state index contributed by atoms with van der Waals surface area (Å²) in [7, 11) is 1.94. The Morgan fingerprint density at radius 2 is 1.80 bits per heavy atom. The summed E-state index contributed by atoms with van der Waals surface area (Å²) in [5, 5.41) is 9.41. The number of aromatic nitrogens is 4. The molecular formula is C27H28N4O3S. The van der Waals surface area contributed by atoms with Crippen LogP contribution in [-0.2, 0) is 13.6 Å². The molecule has 0 amide bonds. The maximum absolute atomic E-state index is 13.2. The number of benzene rings is 2. The van der Waals surface area contributed by atoms with Gasteiger partial charge in [0.05, 0.1) is 12.3 Å². The van der Waals surface area contributed by atoms with Gasteiger partial charge in [0.15, 0.2) is 34.4 Å². The number of aryl methyl sites for hydroxylation is 2. The Morgan fingerprint density at radius 1 is 1.06 bits per heavy atom. The van der Waals surface area contributed by atoms with Crippen LogP contribution >= 0.6 is 11.8 Å². The lowest BCUT2D eigenvalue weighted by Gasteiger charge is -2.27. The molecule has 0 bridgehead atoms. The standard InChI is InChI=1S/C27H28N4O3S/c1-17-9-5-6-10-21(17)26-28-29-27(30(26)4)35-16-23(32)22-13-18(2)31(19(22)3)14-20-15-33-24-11-7-8-12-25(24)34-20/h5-13,20H,14-16H2,1-4H3. The first-order valence-corrected chi connectivity index (χ1v) is 12.6. The third kappa shape index (κ3) is 4.58. The minimum atomic E-state index is -0.120. The molecule has 2 aromatic heterocycles. The molecule has 180 valence electrons. The first-order chi connectivity index (χ1) is 16.9. The van der Waals surface area contributed by atoms with Crippen LogP contribution < -0.4 is 9.47 Å². The second-order valence-electron chi connectivity index (χ2n) is 8.78. The van der Waals surface area contributed by atoms with Crippen molar-refractivity contribution < 1.29 is 14.3 Å². The number of hydrogen-bond acceptors (Lipinski definition) is 6. The lowest BCUT2D eigenvalue weighted by molar-refractivity contribution is 0.0777.